The van der Waals surface area contributed by atoms with Gasteiger partial charge in [-0.3, -0.25) is 4.79 Å². The Morgan fingerprint density at radius 2 is 2.38 bits per heavy atom. The second kappa shape index (κ2) is 5.72. The Labute approximate surface area is 126 Å². The first-order valence-corrected chi connectivity index (χ1v) is 7.72. The molecule has 7 nitrogen and oxygen atoms in total. The Kier molecular flexibility index (Phi) is 3.78. The van der Waals surface area contributed by atoms with Crippen LogP contribution in [0.4, 0.5) is 10.9 Å². The summed E-state index contributed by atoms with van der Waals surface area (Å²) in [5.41, 5.74) is 5.83. The predicted molar refractivity (Wildman–Crippen MR) is 82.2 cm³/mol. The fourth-order valence-electron chi connectivity index (χ4n) is 2.09. The van der Waals surface area contributed by atoms with Gasteiger partial charge in [0.2, 0.25) is 0 Å². The van der Waals surface area contributed by atoms with Crippen molar-refractivity contribution in [2.75, 3.05) is 11.1 Å². The van der Waals surface area contributed by atoms with E-state index in [2.05, 4.69) is 20.6 Å². The zero-order chi connectivity index (χ0) is 14.8. The van der Waals surface area contributed by atoms with Crippen molar-refractivity contribution in [2.45, 2.75) is 31.8 Å². The Balaban J connectivity index is 1.62. The molecule has 1 saturated carbocycles. The second-order valence-electron chi connectivity index (χ2n) is 5.14. The zero-order valence-corrected chi connectivity index (χ0v) is 12.6. The molecular formula is C13H18N6OS. The number of rotatable bonds is 5. The molecule has 0 unspecified atom stereocenters. The van der Waals surface area contributed by atoms with Crippen molar-refractivity contribution >= 4 is 28.2 Å². The number of nitrogens with two attached hydrogens (primary N) is 1. The SMILES string of the molecule is Cn1ccnc1CNC(=O)c1sc(NC2CCC2)nc1N. The van der Waals surface area contributed by atoms with Gasteiger partial charge in [-0.2, -0.15) is 0 Å². The molecule has 2 aromatic rings. The Morgan fingerprint density at radius 1 is 1.57 bits per heavy atom. The van der Waals surface area contributed by atoms with E-state index in [1.807, 2.05) is 17.8 Å². The molecule has 8 heteroatoms. The minimum Gasteiger partial charge on any atom is -0.382 e. The first-order valence-electron chi connectivity index (χ1n) is 6.90. The lowest BCUT2D eigenvalue weighted by atomic mass is 9.93. The standard InChI is InChI=1S/C13H18N6OS/c1-19-6-5-15-9(19)7-16-12(20)10-11(14)18-13(21-10)17-8-3-2-4-8/h5-6,8H,2-4,7,14H2,1H3,(H,16,20)(H,17,18). The molecule has 1 aliphatic carbocycles. The van der Waals surface area contributed by atoms with E-state index in [0.29, 0.717) is 17.5 Å². The van der Waals surface area contributed by atoms with Crippen LogP contribution in [0.1, 0.15) is 34.8 Å². The first-order chi connectivity index (χ1) is 10.1. The summed E-state index contributed by atoms with van der Waals surface area (Å²) in [5.74, 6) is 0.855. The van der Waals surface area contributed by atoms with E-state index < -0.39 is 0 Å². The largest absolute Gasteiger partial charge is 0.382 e. The monoisotopic (exact) mass is 306 g/mol. The summed E-state index contributed by atoms with van der Waals surface area (Å²) in [4.78, 5) is 21.0. The minimum absolute atomic E-state index is 0.213. The quantitative estimate of drug-likeness (QED) is 0.774. The molecule has 0 aromatic carbocycles. The smallest absolute Gasteiger partial charge is 0.265 e. The Bertz CT molecular complexity index is 645. The maximum atomic E-state index is 12.2. The van der Waals surface area contributed by atoms with E-state index in [9.17, 15) is 4.79 Å². The minimum atomic E-state index is -0.213. The van der Waals surface area contributed by atoms with Gasteiger partial charge in [-0.1, -0.05) is 11.3 Å². The molecule has 2 aromatic heterocycles. The fraction of sp³-hybridized carbons (Fsp3) is 0.462. The molecule has 0 spiro atoms. The topological polar surface area (TPSA) is 97.9 Å². The van der Waals surface area contributed by atoms with Crippen molar-refractivity contribution in [3.63, 3.8) is 0 Å². The van der Waals surface area contributed by atoms with E-state index in [0.717, 1.165) is 23.8 Å². The molecule has 4 N–H and O–H groups in total. The van der Waals surface area contributed by atoms with Crippen molar-refractivity contribution in [1.29, 1.82) is 0 Å². The van der Waals surface area contributed by atoms with Crippen molar-refractivity contribution < 1.29 is 4.79 Å². The first kappa shape index (κ1) is 13.9. The summed E-state index contributed by atoms with van der Waals surface area (Å²) in [7, 11) is 1.89. The number of nitrogen functional groups attached to an aromatic ring is 1. The van der Waals surface area contributed by atoms with Crippen LogP contribution < -0.4 is 16.4 Å². The number of imidazole rings is 1. The average Bonchev–Trinajstić information content (AvgIpc) is 2.97. The van der Waals surface area contributed by atoms with Crippen LogP contribution >= 0.6 is 11.3 Å². The van der Waals surface area contributed by atoms with E-state index in [1.165, 1.54) is 17.8 Å². The highest BCUT2D eigenvalue weighted by Crippen LogP contribution is 2.29. The summed E-state index contributed by atoms with van der Waals surface area (Å²) in [5, 5.41) is 6.84. The van der Waals surface area contributed by atoms with Crippen LogP contribution in [0.5, 0.6) is 0 Å². The third-order valence-corrected chi connectivity index (χ3v) is 4.62. The van der Waals surface area contributed by atoms with Crippen LogP contribution in [0.2, 0.25) is 0 Å². The molecule has 0 saturated heterocycles. The van der Waals surface area contributed by atoms with Crippen molar-refractivity contribution in [3.05, 3.63) is 23.1 Å². The average molecular weight is 306 g/mol. The van der Waals surface area contributed by atoms with Gasteiger partial charge in [-0.25, -0.2) is 9.97 Å². The number of amides is 1. The second-order valence-corrected chi connectivity index (χ2v) is 6.14. The molecule has 112 valence electrons. The maximum absolute atomic E-state index is 12.2. The highest BCUT2D eigenvalue weighted by atomic mass is 32.1. The van der Waals surface area contributed by atoms with Crippen molar-refractivity contribution in [1.82, 2.24) is 19.9 Å². The van der Waals surface area contributed by atoms with Gasteiger partial charge >= 0.3 is 0 Å². The van der Waals surface area contributed by atoms with E-state index >= 15 is 0 Å². The number of nitrogens with one attached hydrogen (secondary N) is 2. The third kappa shape index (κ3) is 2.99. The molecule has 21 heavy (non-hydrogen) atoms. The van der Waals surface area contributed by atoms with E-state index in [1.54, 1.807) is 6.20 Å². The molecular weight excluding hydrogens is 288 g/mol. The molecule has 0 aliphatic heterocycles. The van der Waals surface area contributed by atoms with Crippen LogP contribution in [0.15, 0.2) is 12.4 Å². The van der Waals surface area contributed by atoms with Gasteiger partial charge < -0.3 is 20.9 Å². The Hall–Kier alpha value is -2.09. The van der Waals surface area contributed by atoms with Gasteiger partial charge in [0, 0.05) is 25.5 Å². The van der Waals surface area contributed by atoms with Crippen LogP contribution in [0.25, 0.3) is 0 Å². The molecule has 0 atom stereocenters. The normalized spacial score (nSPS) is 14.7. The predicted octanol–water partition coefficient (Wildman–Crippen LogP) is 1.35. The van der Waals surface area contributed by atoms with E-state index in [4.69, 9.17) is 5.73 Å². The molecule has 3 rings (SSSR count). The number of hydrogen-bond donors (Lipinski definition) is 3. The van der Waals surface area contributed by atoms with E-state index in [-0.39, 0.29) is 11.7 Å². The summed E-state index contributed by atoms with van der Waals surface area (Å²) in [6.07, 6.45) is 7.09. The van der Waals surface area contributed by atoms with Gasteiger partial charge in [0.05, 0.1) is 6.54 Å². The lowest BCUT2D eigenvalue weighted by molar-refractivity contribution is 0.0954. The Morgan fingerprint density at radius 3 is 3.00 bits per heavy atom. The van der Waals surface area contributed by atoms with Crippen molar-refractivity contribution in [2.24, 2.45) is 7.05 Å². The van der Waals surface area contributed by atoms with Crippen LogP contribution in [-0.2, 0) is 13.6 Å². The third-order valence-electron chi connectivity index (χ3n) is 3.62. The molecule has 0 bridgehead atoms. The van der Waals surface area contributed by atoms with Gasteiger partial charge in [0.1, 0.15) is 16.5 Å². The number of carbonyl (C=O) groups is 1. The van der Waals surface area contributed by atoms with Gasteiger partial charge in [-0.05, 0) is 19.3 Å². The number of aromatic nitrogens is 3. The summed E-state index contributed by atoms with van der Waals surface area (Å²) < 4.78 is 1.86. The van der Waals surface area contributed by atoms with Crippen LogP contribution in [0.3, 0.4) is 0 Å². The number of anilines is 2. The summed E-state index contributed by atoms with van der Waals surface area (Å²) >= 11 is 1.30. The van der Waals surface area contributed by atoms with Crippen LogP contribution in [-0.4, -0.2) is 26.5 Å². The number of thiazole rings is 1. The number of hydrogen-bond acceptors (Lipinski definition) is 6. The molecule has 1 aliphatic rings. The highest BCUT2D eigenvalue weighted by Gasteiger charge is 2.21. The lowest BCUT2D eigenvalue weighted by Gasteiger charge is -2.25. The lowest BCUT2D eigenvalue weighted by Crippen LogP contribution is -2.26. The van der Waals surface area contributed by atoms with Gasteiger partial charge in [0.15, 0.2) is 5.13 Å². The summed E-state index contributed by atoms with van der Waals surface area (Å²) in [6, 6.07) is 0.471. The van der Waals surface area contributed by atoms with Gasteiger partial charge in [0.25, 0.3) is 5.91 Å². The fourth-order valence-corrected chi connectivity index (χ4v) is 2.97. The molecule has 2 heterocycles. The van der Waals surface area contributed by atoms with Gasteiger partial charge in [-0.15, -0.1) is 0 Å². The molecule has 1 fully saturated rings. The number of carbonyl (C=O) groups excluding carboxylic acids is 1. The van der Waals surface area contributed by atoms with Crippen LogP contribution in [0, 0.1) is 0 Å². The number of aryl methyl sites for hydroxylation is 1. The molecule has 1 amide bonds. The number of nitrogens with zero attached hydrogens (tertiary/aromatic N) is 3. The maximum Gasteiger partial charge on any atom is 0.265 e. The highest BCUT2D eigenvalue weighted by molar-refractivity contribution is 7.18. The van der Waals surface area contributed by atoms with Crippen molar-refractivity contribution in [3.8, 4) is 0 Å². The zero-order valence-electron chi connectivity index (χ0n) is 11.8. The summed E-state index contributed by atoms with van der Waals surface area (Å²) in [6.45, 7) is 0.366. The molecule has 0 radical (unpaired) electrons.